The van der Waals surface area contributed by atoms with Gasteiger partial charge in [0.1, 0.15) is 0 Å². The molecule has 0 nitrogen and oxygen atoms in total. The maximum absolute atomic E-state index is 2.46. The summed E-state index contributed by atoms with van der Waals surface area (Å²) in [5.41, 5.74) is 10.1. The van der Waals surface area contributed by atoms with Gasteiger partial charge in [0.05, 0.1) is 0 Å². The van der Waals surface area contributed by atoms with E-state index in [4.69, 9.17) is 0 Å². The number of aryl methyl sites for hydroxylation is 1. The largest absolute Gasteiger partial charge is 0.0769 e. The first kappa shape index (κ1) is 26.0. The lowest BCUT2D eigenvalue weighted by Crippen LogP contribution is -2.04. The van der Waals surface area contributed by atoms with E-state index in [0.717, 1.165) is 19.3 Å². The maximum atomic E-state index is 2.46. The van der Waals surface area contributed by atoms with Crippen molar-refractivity contribution in [3.8, 4) is 0 Å². The normalized spacial score (nSPS) is 15.4. The Labute approximate surface area is 219 Å². The summed E-state index contributed by atoms with van der Waals surface area (Å²) < 4.78 is 0. The van der Waals surface area contributed by atoms with Crippen LogP contribution in [0.25, 0.3) is 5.57 Å². The van der Waals surface area contributed by atoms with Crippen molar-refractivity contribution in [3.63, 3.8) is 0 Å². The zero-order valence-electron chi connectivity index (χ0n) is 22.3. The van der Waals surface area contributed by atoms with Gasteiger partial charge < -0.3 is 0 Å². The van der Waals surface area contributed by atoms with E-state index in [9.17, 15) is 0 Å². The van der Waals surface area contributed by atoms with Gasteiger partial charge >= 0.3 is 0 Å². The smallest absolute Gasteiger partial charge is 0.00925 e. The molecular weight excluding hydrogens is 432 g/mol. The molecule has 3 aromatic rings. The Balaban J connectivity index is 1.60. The average Bonchev–Trinajstić information content (AvgIpc) is 2.95. The number of hydrogen-bond donors (Lipinski definition) is 0. The molecule has 0 aliphatic heterocycles. The maximum Gasteiger partial charge on any atom is 0.00925 e. The third-order valence-electron chi connectivity index (χ3n) is 7.50. The van der Waals surface area contributed by atoms with E-state index in [1.54, 1.807) is 0 Å². The molecule has 186 valence electrons. The molecule has 0 bridgehead atoms. The fraction of sp³-hybridized carbons (Fsp3) is 0.333. The monoisotopic (exact) mass is 474 g/mol. The van der Waals surface area contributed by atoms with Gasteiger partial charge in [0.15, 0.2) is 0 Å². The van der Waals surface area contributed by atoms with Crippen molar-refractivity contribution in [2.24, 2.45) is 0 Å². The zero-order valence-corrected chi connectivity index (χ0v) is 22.3. The molecule has 0 N–H and O–H groups in total. The van der Waals surface area contributed by atoms with Gasteiger partial charge in [-0.3, -0.25) is 0 Å². The Bertz CT molecular complexity index is 1140. The SMILES string of the molecule is CCCCC1=CC/C(=C(/CCC(c2ccccc2)c2ccc(CCCC)cc2)c2ccccc2)C=C1. The van der Waals surface area contributed by atoms with Crippen molar-refractivity contribution in [2.45, 2.75) is 77.6 Å². The van der Waals surface area contributed by atoms with Crippen LogP contribution in [0.1, 0.15) is 93.4 Å². The first-order valence-electron chi connectivity index (χ1n) is 14.1. The predicted molar refractivity (Wildman–Crippen MR) is 157 cm³/mol. The van der Waals surface area contributed by atoms with E-state index in [1.807, 2.05) is 0 Å². The van der Waals surface area contributed by atoms with Gasteiger partial charge in [-0.2, -0.15) is 0 Å². The lowest BCUT2D eigenvalue weighted by molar-refractivity contribution is 0.731. The molecule has 1 unspecified atom stereocenters. The fourth-order valence-electron chi connectivity index (χ4n) is 5.30. The minimum absolute atomic E-state index is 0.397. The van der Waals surface area contributed by atoms with Crippen LogP contribution in [-0.2, 0) is 6.42 Å². The minimum Gasteiger partial charge on any atom is -0.0769 e. The van der Waals surface area contributed by atoms with Crippen molar-refractivity contribution >= 4 is 5.57 Å². The number of rotatable bonds is 12. The Morgan fingerprint density at radius 2 is 1.33 bits per heavy atom. The van der Waals surface area contributed by atoms with Gasteiger partial charge in [-0.05, 0) is 78.3 Å². The van der Waals surface area contributed by atoms with Crippen LogP contribution in [0.4, 0.5) is 0 Å². The molecule has 0 saturated heterocycles. The van der Waals surface area contributed by atoms with Gasteiger partial charge in [-0.1, -0.05) is 135 Å². The summed E-state index contributed by atoms with van der Waals surface area (Å²) in [5, 5.41) is 0. The Kier molecular flexibility index (Phi) is 9.97. The van der Waals surface area contributed by atoms with E-state index >= 15 is 0 Å². The third-order valence-corrected chi connectivity index (χ3v) is 7.50. The Morgan fingerprint density at radius 3 is 1.97 bits per heavy atom. The van der Waals surface area contributed by atoms with Crippen LogP contribution in [0.15, 0.2) is 114 Å². The first-order chi connectivity index (χ1) is 17.8. The molecule has 36 heavy (non-hydrogen) atoms. The molecule has 1 atom stereocenters. The van der Waals surface area contributed by atoms with Crippen molar-refractivity contribution < 1.29 is 0 Å². The second-order valence-electron chi connectivity index (χ2n) is 10.1. The number of benzene rings is 3. The van der Waals surface area contributed by atoms with Crippen molar-refractivity contribution in [2.75, 3.05) is 0 Å². The summed E-state index contributed by atoms with van der Waals surface area (Å²) >= 11 is 0. The van der Waals surface area contributed by atoms with Crippen LogP contribution in [-0.4, -0.2) is 0 Å². The molecular formula is C36H42. The molecule has 1 aliphatic carbocycles. The highest BCUT2D eigenvalue weighted by molar-refractivity contribution is 5.72. The third kappa shape index (κ3) is 7.20. The summed E-state index contributed by atoms with van der Waals surface area (Å²) in [7, 11) is 0. The molecule has 0 aromatic heterocycles. The predicted octanol–water partition coefficient (Wildman–Crippen LogP) is 10.5. The van der Waals surface area contributed by atoms with Gasteiger partial charge in [-0.25, -0.2) is 0 Å². The number of hydrogen-bond acceptors (Lipinski definition) is 0. The summed E-state index contributed by atoms with van der Waals surface area (Å²) in [6, 6.07) is 31.6. The van der Waals surface area contributed by atoms with Crippen molar-refractivity contribution in [1.82, 2.24) is 0 Å². The second kappa shape index (κ2) is 13.8. The molecule has 1 aliphatic rings. The van der Waals surface area contributed by atoms with Crippen LogP contribution >= 0.6 is 0 Å². The molecule has 0 saturated carbocycles. The summed E-state index contributed by atoms with van der Waals surface area (Å²) in [4.78, 5) is 0. The van der Waals surface area contributed by atoms with Crippen LogP contribution in [0.3, 0.4) is 0 Å². The molecule has 0 amide bonds. The number of unbranched alkanes of at least 4 members (excludes halogenated alkanes) is 2. The molecule has 0 heteroatoms. The zero-order chi connectivity index (χ0) is 25.0. The van der Waals surface area contributed by atoms with Crippen molar-refractivity contribution in [1.29, 1.82) is 0 Å². The second-order valence-corrected chi connectivity index (χ2v) is 10.1. The molecule has 0 radical (unpaired) electrons. The topological polar surface area (TPSA) is 0 Å². The van der Waals surface area contributed by atoms with Gasteiger partial charge in [-0.15, -0.1) is 0 Å². The van der Waals surface area contributed by atoms with E-state index < -0.39 is 0 Å². The van der Waals surface area contributed by atoms with Crippen LogP contribution in [0, 0.1) is 0 Å². The summed E-state index contributed by atoms with van der Waals surface area (Å²) in [6.07, 6.45) is 17.8. The average molecular weight is 475 g/mol. The lowest BCUT2D eigenvalue weighted by atomic mass is 9.83. The van der Waals surface area contributed by atoms with Gasteiger partial charge in [0.25, 0.3) is 0 Å². The highest BCUT2D eigenvalue weighted by Gasteiger charge is 2.17. The lowest BCUT2D eigenvalue weighted by Gasteiger charge is -2.22. The van der Waals surface area contributed by atoms with E-state index in [0.29, 0.717) is 5.92 Å². The fourth-order valence-corrected chi connectivity index (χ4v) is 5.30. The Hall–Kier alpha value is -3.12. The van der Waals surface area contributed by atoms with Crippen LogP contribution in [0.2, 0.25) is 0 Å². The quantitative estimate of drug-likeness (QED) is 0.245. The van der Waals surface area contributed by atoms with E-state index in [-0.39, 0.29) is 0 Å². The summed E-state index contributed by atoms with van der Waals surface area (Å²) in [6.45, 7) is 4.54. The minimum atomic E-state index is 0.397. The molecule has 0 spiro atoms. The van der Waals surface area contributed by atoms with E-state index in [2.05, 4.69) is 117 Å². The van der Waals surface area contributed by atoms with Gasteiger partial charge in [0.2, 0.25) is 0 Å². The highest BCUT2D eigenvalue weighted by atomic mass is 14.2. The molecule has 4 rings (SSSR count). The molecule has 0 heterocycles. The first-order valence-corrected chi connectivity index (χ1v) is 14.1. The standard InChI is InChI=1S/C36H42/c1-3-5-13-29-19-23-33(24-20-29)35(31-15-9-7-10-16-31)27-28-36(32-17-11-8-12-18-32)34-25-21-30(22-26-34)14-6-4-2/h7-12,15-25,35H,3-6,13-14,26-28H2,1-2H3/b36-34-. The summed E-state index contributed by atoms with van der Waals surface area (Å²) in [5.74, 6) is 0.397. The highest BCUT2D eigenvalue weighted by Crippen LogP contribution is 2.36. The molecule has 0 fully saturated rings. The van der Waals surface area contributed by atoms with Gasteiger partial charge in [0, 0.05) is 5.92 Å². The van der Waals surface area contributed by atoms with Crippen LogP contribution in [0.5, 0.6) is 0 Å². The molecule has 3 aromatic carbocycles. The number of allylic oxidation sites excluding steroid dienone is 6. The van der Waals surface area contributed by atoms with E-state index in [1.165, 1.54) is 77.5 Å². The van der Waals surface area contributed by atoms with Crippen LogP contribution < -0.4 is 0 Å². The Morgan fingerprint density at radius 1 is 0.694 bits per heavy atom. The van der Waals surface area contributed by atoms with Crippen molar-refractivity contribution in [3.05, 3.63) is 137 Å².